The highest BCUT2D eigenvalue weighted by Crippen LogP contribution is 2.13. The minimum absolute atomic E-state index is 0.118. The van der Waals surface area contributed by atoms with Gasteiger partial charge in [0, 0.05) is 19.3 Å². The molecule has 0 heterocycles. The van der Waals surface area contributed by atoms with Gasteiger partial charge in [-0.05, 0) is 141 Å². The second-order valence-electron chi connectivity index (χ2n) is 19.8. The van der Waals surface area contributed by atoms with Crippen LogP contribution in [0.25, 0.3) is 0 Å². The van der Waals surface area contributed by atoms with Crippen molar-refractivity contribution in [2.45, 2.75) is 258 Å². The second-order valence-corrected chi connectivity index (χ2v) is 19.8. The van der Waals surface area contributed by atoms with Gasteiger partial charge in [0.15, 0.2) is 6.10 Å². The zero-order valence-corrected chi connectivity index (χ0v) is 49.4. The first kappa shape index (κ1) is 72.0. The van der Waals surface area contributed by atoms with Gasteiger partial charge in [0.1, 0.15) is 13.2 Å². The molecule has 0 aromatic carbocycles. The average molecular weight is 1060 g/mol. The van der Waals surface area contributed by atoms with Crippen LogP contribution in [0.15, 0.2) is 158 Å². The summed E-state index contributed by atoms with van der Waals surface area (Å²) in [7, 11) is 0. The number of carbonyl (C=O) groups excluding carboxylic acids is 3. The summed E-state index contributed by atoms with van der Waals surface area (Å²) in [5.74, 6) is -1.02. The van der Waals surface area contributed by atoms with Crippen LogP contribution in [0.4, 0.5) is 0 Å². The molecule has 0 aromatic heterocycles. The number of unbranched alkanes of at least 4 members (excludes halogenated alkanes) is 17. The predicted octanol–water partition coefficient (Wildman–Crippen LogP) is 21.3. The number of esters is 3. The minimum Gasteiger partial charge on any atom is -0.462 e. The van der Waals surface area contributed by atoms with Crippen molar-refractivity contribution in [3.63, 3.8) is 0 Å². The second kappa shape index (κ2) is 63.6. The fourth-order valence-corrected chi connectivity index (χ4v) is 7.92. The van der Waals surface area contributed by atoms with Crippen LogP contribution >= 0.6 is 0 Å². The van der Waals surface area contributed by atoms with Gasteiger partial charge >= 0.3 is 17.9 Å². The number of hydrogen-bond acceptors (Lipinski definition) is 6. The molecule has 0 radical (unpaired) electrons. The first-order chi connectivity index (χ1) is 38.0. The lowest BCUT2D eigenvalue weighted by atomic mass is 10.1. The van der Waals surface area contributed by atoms with Crippen LogP contribution in [0.1, 0.15) is 252 Å². The lowest BCUT2D eigenvalue weighted by Gasteiger charge is -2.18. The van der Waals surface area contributed by atoms with Gasteiger partial charge in [0.05, 0.1) is 0 Å². The van der Waals surface area contributed by atoms with E-state index in [9.17, 15) is 14.4 Å². The van der Waals surface area contributed by atoms with Gasteiger partial charge in [-0.3, -0.25) is 14.4 Å². The Hall–Kier alpha value is -4.97. The fraction of sp³-hybridized carbons (Fsp3) is 0.592. The van der Waals surface area contributed by atoms with Crippen molar-refractivity contribution in [2.24, 2.45) is 0 Å². The Kier molecular flexibility index (Phi) is 59.5. The van der Waals surface area contributed by atoms with E-state index < -0.39 is 6.10 Å². The molecule has 77 heavy (non-hydrogen) atoms. The summed E-state index contributed by atoms with van der Waals surface area (Å²) in [5, 5.41) is 0. The van der Waals surface area contributed by atoms with Gasteiger partial charge in [-0.1, -0.05) is 249 Å². The Morgan fingerprint density at radius 1 is 0.273 bits per heavy atom. The average Bonchev–Trinajstić information content (AvgIpc) is 3.43. The lowest BCUT2D eigenvalue weighted by Crippen LogP contribution is -2.30. The molecule has 0 spiro atoms. The minimum atomic E-state index is -0.830. The van der Waals surface area contributed by atoms with E-state index in [0.717, 1.165) is 122 Å². The predicted molar refractivity (Wildman–Crippen MR) is 334 cm³/mol. The summed E-state index contributed by atoms with van der Waals surface area (Å²) in [4.78, 5) is 38.3. The van der Waals surface area contributed by atoms with E-state index in [-0.39, 0.29) is 44.0 Å². The smallest absolute Gasteiger partial charge is 0.306 e. The Morgan fingerprint density at radius 3 is 0.870 bits per heavy atom. The maximum absolute atomic E-state index is 12.9. The van der Waals surface area contributed by atoms with Gasteiger partial charge in [0.25, 0.3) is 0 Å². The van der Waals surface area contributed by atoms with Crippen molar-refractivity contribution < 1.29 is 28.6 Å². The molecule has 0 saturated carbocycles. The maximum Gasteiger partial charge on any atom is 0.306 e. The van der Waals surface area contributed by atoms with Crippen LogP contribution in [0.3, 0.4) is 0 Å². The molecule has 0 aliphatic carbocycles. The maximum atomic E-state index is 12.9. The summed E-state index contributed by atoms with van der Waals surface area (Å²) in [6.07, 6.45) is 92.4. The van der Waals surface area contributed by atoms with Crippen molar-refractivity contribution >= 4 is 17.9 Å². The third-order valence-electron chi connectivity index (χ3n) is 12.5. The van der Waals surface area contributed by atoms with Crippen molar-refractivity contribution in [1.82, 2.24) is 0 Å². The Labute approximate surface area is 473 Å². The van der Waals surface area contributed by atoms with Crippen LogP contribution < -0.4 is 0 Å². The van der Waals surface area contributed by atoms with E-state index in [4.69, 9.17) is 14.2 Å². The molecule has 0 bridgehead atoms. The summed E-state index contributed by atoms with van der Waals surface area (Å²) in [6, 6.07) is 0. The zero-order valence-electron chi connectivity index (χ0n) is 49.4. The molecule has 0 aliphatic rings. The molecule has 0 N–H and O–H groups in total. The van der Waals surface area contributed by atoms with Crippen LogP contribution in [0.2, 0.25) is 0 Å². The largest absolute Gasteiger partial charge is 0.462 e. The van der Waals surface area contributed by atoms with Crippen LogP contribution in [-0.4, -0.2) is 37.2 Å². The summed E-state index contributed by atoms with van der Waals surface area (Å²) >= 11 is 0. The topological polar surface area (TPSA) is 78.9 Å². The van der Waals surface area contributed by atoms with Crippen molar-refractivity contribution in [3.8, 4) is 0 Å². The number of allylic oxidation sites excluding steroid dienone is 26. The Morgan fingerprint density at radius 2 is 0.519 bits per heavy atom. The zero-order chi connectivity index (χ0) is 55.7. The normalized spacial score (nSPS) is 13.2. The molecule has 0 fully saturated rings. The van der Waals surface area contributed by atoms with Gasteiger partial charge in [-0.15, -0.1) is 0 Å². The molecular formula is C71H112O6. The SMILES string of the molecule is CC/C=C\C/C=C\C/C=C\C/C=C\C/C=C\C/C=C\C/C=C\CCCC(=O)OCC(COC(=O)CCCCCCCCC/C=C\CCCCCCCC)OC(=O)CCCCC/C=C\C/C=C\C/C=C\C/C=C\C/C=C\CC. The lowest BCUT2D eigenvalue weighted by molar-refractivity contribution is -0.167. The van der Waals surface area contributed by atoms with E-state index in [1.54, 1.807) is 0 Å². The third-order valence-corrected chi connectivity index (χ3v) is 12.5. The van der Waals surface area contributed by atoms with E-state index in [2.05, 4.69) is 179 Å². The van der Waals surface area contributed by atoms with Crippen molar-refractivity contribution in [2.75, 3.05) is 13.2 Å². The van der Waals surface area contributed by atoms with Gasteiger partial charge < -0.3 is 14.2 Å². The molecule has 0 amide bonds. The van der Waals surface area contributed by atoms with E-state index >= 15 is 0 Å². The monoisotopic (exact) mass is 1060 g/mol. The van der Waals surface area contributed by atoms with E-state index in [0.29, 0.717) is 19.3 Å². The summed E-state index contributed by atoms with van der Waals surface area (Å²) in [5.41, 5.74) is 0. The molecular weight excluding hydrogens is 949 g/mol. The molecule has 0 aliphatic heterocycles. The van der Waals surface area contributed by atoms with Gasteiger partial charge in [-0.25, -0.2) is 0 Å². The third kappa shape index (κ3) is 61.8. The molecule has 0 aromatic rings. The van der Waals surface area contributed by atoms with Crippen molar-refractivity contribution in [1.29, 1.82) is 0 Å². The number of carbonyl (C=O) groups is 3. The highest BCUT2D eigenvalue weighted by molar-refractivity contribution is 5.71. The van der Waals surface area contributed by atoms with Crippen LogP contribution in [0.5, 0.6) is 0 Å². The highest BCUT2D eigenvalue weighted by atomic mass is 16.6. The first-order valence-corrected chi connectivity index (χ1v) is 31.0. The van der Waals surface area contributed by atoms with Gasteiger partial charge in [0.2, 0.25) is 0 Å². The number of rotatable bonds is 54. The quantitative estimate of drug-likeness (QED) is 0.0261. The fourth-order valence-electron chi connectivity index (χ4n) is 7.92. The standard InChI is InChI=1S/C71H112O6/c1-4-7-10-13-16-19-22-25-28-31-33-34-35-36-38-40-43-46-49-52-55-58-61-64-70(73)76-67-68(66-75-69(72)63-60-57-54-51-48-45-42-39-30-27-24-21-18-15-12-9-6-3)77-71(74)65-62-59-56-53-50-47-44-41-37-32-29-26-23-20-17-14-11-8-5-2/h7-8,10-11,16-17,19-20,25-30,33-34,36-38,41,43,46-47,50,52,55,68H,4-6,9,12-15,18,21-24,31-32,35,39-40,42,44-45,48-49,51,53-54,56-67H2,1-3H3/b10-7-,11-8-,19-16-,20-17-,28-25-,29-26-,30-27-,34-33-,38-36-,41-37-,46-43-,50-47-,55-52-. The molecule has 0 saturated heterocycles. The molecule has 1 atom stereocenters. The molecule has 6 heteroatoms. The Balaban J connectivity index is 4.58. The highest BCUT2D eigenvalue weighted by Gasteiger charge is 2.19. The number of hydrogen-bond donors (Lipinski definition) is 0. The van der Waals surface area contributed by atoms with Crippen molar-refractivity contribution in [3.05, 3.63) is 158 Å². The van der Waals surface area contributed by atoms with E-state index in [1.165, 1.54) is 77.0 Å². The Bertz CT molecular complexity index is 1740. The van der Waals surface area contributed by atoms with Crippen LogP contribution in [0, 0.1) is 0 Å². The van der Waals surface area contributed by atoms with E-state index in [1.807, 2.05) is 0 Å². The van der Waals surface area contributed by atoms with Crippen LogP contribution in [-0.2, 0) is 28.6 Å². The first-order valence-electron chi connectivity index (χ1n) is 31.0. The molecule has 1 unspecified atom stereocenters. The molecule has 6 nitrogen and oxygen atoms in total. The van der Waals surface area contributed by atoms with Gasteiger partial charge in [-0.2, -0.15) is 0 Å². The molecule has 0 rings (SSSR count). The number of ether oxygens (including phenoxy) is 3. The molecule has 432 valence electrons. The summed E-state index contributed by atoms with van der Waals surface area (Å²) in [6.45, 7) is 6.32. The summed E-state index contributed by atoms with van der Waals surface area (Å²) < 4.78 is 16.8.